The van der Waals surface area contributed by atoms with Gasteiger partial charge in [0.05, 0.1) is 36.0 Å². The number of likely N-dealkylation sites (tertiary alicyclic amines) is 1. The van der Waals surface area contributed by atoms with E-state index in [4.69, 9.17) is 16.3 Å². The fraction of sp³-hybridized carbons (Fsp3) is 0.593. The van der Waals surface area contributed by atoms with Crippen LogP contribution in [0.15, 0.2) is 24.4 Å². The first-order valence-electron chi connectivity index (χ1n) is 13.4. The molecule has 1 aliphatic heterocycles. The summed E-state index contributed by atoms with van der Waals surface area (Å²) in [6.07, 6.45) is 8.98. The summed E-state index contributed by atoms with van der Waals surface area (Å²) in [4.78, 5) is 24.1. The van der Waals surface area contributed by atoms with Crippen molar-refractivity contribution >= 4 is 39.2 Å². The molecule has 1 saturated carbocycles. The molecule has 39 heavy (non-hydrogen) atoms. The van der Waals surface area contributed by atoms with Gasteiger partial charge in [-0.3, -0.25) is 4.79 Å². The van der Waals surface area contributed by atoms with Crippen molar-refractivity contribution in [2.45, 2.75) is 57.0 Å². The predicted molar refractivity (Wildman–Crippen MR) is 153 cm³/mol. The molecule has 0 unspecified atom stereocenters. The summed E-state index contributed by atoms with van der Waals surface area (Å²) in [5.41, 5.74) is 1.81. The third-order valence-corrected chi connectivity index (χ3v) is 9.53. The largest absolute Gasteiger partial charge is 0.495 e. The fourth-order valence-corrected chi connectivity index (χ4v) is 6.42. The molecule has 12 heteroatoms. The number of carbonyl (C=O) groups excluding carboxylic acids is 1. The molecular formula is C27H39ClN6O4S. The van der Waals surface area contributed by atoms with Crippen molar-refractivity contribution in [3.8, 4) is 5.75 Å². The maximum Gasteiger partial charge on any atom is 0.251 e. The Bertz CT molecular complexity index is 1270. The summed E-state index contributed by atoms with van der Waals surface area (Å²) in [7, 11) is 1.99. The molecule has 10 nitrogen and oxygen atoms in total. The normalized spacial score (nSPS) is 21.1. The van der Waals surface area contributed by atoms with Crippen LogP contribution in [0.4, 0.5) is 11.6 Å². The van der Waals surface area contributed by atoms with Gasteiger partial charge in [-0.2, -0.15) is 0 Å². The Morgan fingerprint density at radius 1 is 1.21 bits per heavy atom. The molecule has 1 aliphatic carbocycles. The number of nitrogens with zero attached hydrogens (tertiary/aromatic N) is 4. The first-order valence-corrected chi connectivity index (χ1v) is 15.7. The van der Waals surface area contributed by atoms with E-state index in [1.54, 1.807) is 38.6 Å². The average molecular weight is 579 g/mol. The number of anilines is 2. The number of benzene rings is 1. The summed E-state index contributed by atoms with van der Waals surface area (Å²) in [6.45, 7) is 1.94. The Kier molecular flexibility index (Phi) is 9.69. The summed E-state index contributed by atoms with van der Waals surface area (Å²) < 4.78 is 31.5. The number of hydrogen-bond donors (Lipinski definition) is 2. The smallest absolute Gasteiger partial charge is 0.251 e. The fourth-order valence-electron chi connectivity index (χ4n) is 5.48. The Hall–Kier alpha value is -2.47. The zero-order chi connectivity index (χ0) is 28.2. The quantitative estimate of drug-likeness (QED) is 0.463. The van der Waals surface area contributed by atoms with Gasteiger partial charge in [0, 0.05) is 24.7 Å². The number of sulfonamides is 1. The van der Waals surface area contributed by atoms with E-state index >= 15 is 0 Å². The molecule has 0 radical (unpaired) electrons. The molecule has 0 spiro atoms. The minimum absolute atomic E-state index is 0.0931. The van der Waals surface area contributed by atoms with E-state index in [1.807, 2.05) is 0 Å². The van der Waals surface area contributed by atoms with Crippen LogP contribution < -0.4 is 15.4 Å². The standard InChI is InChI=1S/C27H39ClN6O4S/c1-33-13-11-20(12-14-33)30-26(35)19-9-10-22(25(16-19)38-3)31-27-29-17-21(28)23(32-27)15-18-7-5-6-8-24(18)34(2)39(4,36)37/h9-10,16-18,20,24H,5-8,11-15H2,1-4H3,(H,30,35)(H,29,31,32)/t18-,24+/m0/s1. The number of rotatable bonds is 9. The lowest BCUT2D eigenvalue weighted by Crippen LogP contribution is -2.43. The van der Waals surface area contributed by atoms with Gasteiger partial charge in [-0.15, -0.1) is 0 Å². The monoisotopic (exact) mass is 578 g/mol. The van der Waals surface area contributed by atoms with Gasteiger partial charge in [0.15, 0.2) is 0 Å². The lowest BCUT2D eigenvalue weighted by molar-refractivity contribution is 0.0916. The highest BCUT2D eigenvalue weighted by Crippen LogP contribution is 2.33. The number of halogens is 1. The second-order valence-electron chi connectivity index (χ2n) is 10.7. The second kappa shape index (κ2) is 12.8. The van der Waals surface area contributed by atoms with E-state index in [0.29, 0.717) is 40.1 Å². The molecule has 2 N–H and O–H groups in total. The van der Waals surface area contributed by atoms with Gasteiger partial charge in [0.2, 0.25) is 16.0 Å². The minimum atomic E-state index is -3.30. The van der Waals surface area contributed by atoms with Crippen LogP contribution >= 0.6 is 11.6 Å². The average Bonchev–Trinajstić information content (AvgIpc) is 2.91. The Morgan fingerprint density at radius 3 is 2.62 bits per heavy atom. The van der Waals surface area contributed by atoms with Gasteiger partial charge in [0.1, 0.15) is 5.75 Å². The SMILES string of the molecule is COc1cc(C(=O)NC2CCN(C)CC2)ccc1Nc1ncc(Cl)c(C[C@@H]2CCCC[C@H]2N(C)S(C)(=O)=O)n1. The first kappa shape index (κ1) is 29.5. The van der Waals surface area contributed by atoms with Crippen LogP contribution in [0.1, 0.15) is 54.6 Å². The van der Waals surface area contributed by atoms with Crippen molar-refractivity contribution in [2.24, 2.45) is 5.92 Å². The highest BCUT2D eigenvalue weighted by molar-refractivity contribution is 7.88. The van der Waals surface area contributed by atoms with Crippen LogP contribution in [-0.4, -0.2) is 86.1 Å². The van der Waals surface area contributed by atoms with Crippen molar-refractivity contribution < 1.29 is 17.9 Å². The van der Waals surface area contributed by atoms with E-state index in [2.05, 4.69) is 32.5 Å². The molecule has 1 aromatic carbocycles. The van der Waals surface area contributed by atoms with Crippen molar-refractivity contribution in [3.63, 3.8) is 0 Å². The van der Waals surface area contributed by atoms with Gasteiger partial charge >= 0.3 is 0 Å². The second-order valence-corrected chi connectivity index (χ2v) is 13.1. The number of piperidine rings is 1. The predicted octanol–water partition coefficient (Wildman–Crippen LogP) is 3.70. The van der Waals surface area contributed by atoms with Gasteiger partial charge in [-0.25, -0.2) is 22.7 Å². The molecule has 2 aliphatic rings. The van der Waals surface area contributed by atoms with Gasteiger partial charge < -0.3 is 20.3 Å². The highest BCUT2D eigenvalue weighted by Gasteiger charge is 2.33. The number of carbonyl (C=O) groups is 1. The van der Waals surface area contributed by atoms with E-state index < -0.39 is 10.0 Å². The maximum absolute atomic E-state index is 12.9. The lowest BCUT2D eigenvalue weighted by Gasteiger charge is -2.36. The van der Waals surface area contributed by atoms with Crippen LogP contribution in [0, 0.1) is 5.92 Å². The number of amides is 1. The van der Waals surface area contributed by atoms with Crippen LogP contribution in [0.2, 0.25) is 5.02 Å². The first-order chi connectivity index (χ1) is 18.5. The number of ether oxygens (including phenoxy) is 1. The van der Waals surface area contributed by atoms with Crippen molar-refractivity contribution in [2.75, 3.05) is 45.9 Å². The maximum atomic E-state index is 12.9. The van der Waals surface area contributed by atoms with Crippen molar-refractivity contribution in [1.82, 2.24) is 24.5 Å². The highest BCUT2D eigenvalue weighted by atomic mass is 35.5. The van der Waals surface area contributed by atoms with Crippen LogP contribution in [0.5, 0.6) is 5.75 Å². The third-order valence-electron chi connectivity index (χ3n) is 7.90. The summed E-state index contributed by atoms with van der Waals surface area (Å²) in [5.74, 6) is 0.824. The Morgan fingerprint density at radius 2 is 1.92 bits per heavy atom. The molecule has 1 amide bonds. The molecule has 4 rings (SSSR count). The van der Waals surface area contributed by atoms with E-state index in [0.717, 1.165) is 51.6 Å². The molecule has 2 atom stereocenters. The van der Waals surface area contributed by atoms with Gasteiger partial charge in [0.25, 0.3) is 5.91 Å². The molecule has 2 fully saturated rings. The summed E-state index contributed by atoms with van der Waals surface area (Å²) >= 11 is 6.48. The molecule has 2 aromatic rings. The van der Waals surface area contributed by atoms with E-state index in [-0.39, 0.29) is 23.9 Å². The molecular weight excluding hydrogens is 540 g/mol. The molecule has 0 bridgehead atoms. The van der Waals surface area contributed by atoms with Crippen molar-refractivity contribution in [1.29, 1.82) is 0 Å². The zero-order valence-electron chi connectivity index (χ0n) is 23.1. The van der Waals surface area contributed by atoms with Crippen molar-refractivity contribution in [3.05, 3.63) is 40.7 Å². The minimum Gasteiger partial charge on any atom is -0.495 e. The summed E-state index contributed by atoms with van der Waals surface area (Å²) in [6, 6.07) is 5.30. The Labute approximate surface area is 236 Å². The lowest BCUT2D eigenvalue weighted by atomic mass is 9.81. The molecule has 1 saturated heterocycles. The van der Waals surface area contributed by atoms with E-state index in [9.17, 15) is 13.2 Å². The molecule has 1 aromatic heterocycles. The van der Waals surface area contributed by atoms with Gasteiger partial charge in [-0.1, -0.05) is 24.4 Å². The zero-order valence-corrected chi connectivity index (χ0v) is 24.7. The van der Waals surface area contributed by atoms with Gasteiger partial charge in [-0.05, 0) is 76.4 Å². The topological polar surface area (TPSA) is 117 Å². The number of hydrogen-bond acceptors (Lipinski definition) is 8. The summed E-state index contributed by atoms with van der Waals surface area (Å²) in [5, 5.41) is 6.76. The third kappa shape index (κ3) is 7.59. The number of nitrogens with one attached hydrogen (secondary N) is 2. The number of aromatic nitrogens is 2. The Balaban J connectivity index is 1.47. The molecule has 2 heterocycles. The van der Waals surface area contributed by atoms with Crippen LogP contribution in [-0.2, 0) is 16.4 Å². The number of methoxy groups -OCH3 is 1. The molecule has 214 valence electrons. The van der Waals surface area contributed by atoms with Crippen LogP contribution in [0.3, 0.4) is 0 Å². The van der Waals surface area contributed by atoms with Crippen LogP contribution in [0.25, 0.3) is 0 Å². The van der Waals surface area contributed by atoms with E-state index in [1.165, 1.54) is 10.6 Å².